The van der Waals surface area contributed by atoms with Crippen molar-refractivity contribution < 1.29 is 9.90 Å². The van der Waals surface area contributed by atoms with Crippen molar-refractivity contribution in [2.45, 2.75) is 110 Å². The third-order valence-corrected chi connectivity index (χ3v) is 7.30. The minimum Gasteiger partial charge on any atom is -0.481 e. The Morgan fingerprint density at radius 1 is 0.698 bits per heavy atom. The first-order chi connectivity index (χ1) is 21.2. The van der Waals surface area contributed by atoms with E-state index in [4.69, 9.17) is 5.11 Å². The lowest BCUT2D eigenvalue weighted by Gasteiger charge is -2.25. The van der Waals surface area contributed by atoms with Crippen LogP contribution < -0.4 is 15.7 Å². The molecule has 0 saturated heterocycles. The van der Waals surface area contributed by atoms with Gasteiger partial charge in [-0.05, 0) is 18.6 Å². The van der Waals surface area contributed by atoms with Crippen LogP contribution in [0.25, 0.3) is 0 Å². The summed E-state index contributed by atoms with van der Waals surface area (Å²) in [5, 5.41) is 16.5. The molecule has 0 radical (unpaired) electrons. The van der Waals surface area contributed by atoms with Gasteiger partial charge in [-0.1, -0.05) is 145 Å². The van der Waals surface area contributed by atoms with Crippen molar-refractivity contribution in [1.29, 1.82) is 0 Å². The summed E-state index contributed by atoms with van der Waals surface area (Å²) in [5.41, 5.74) is 5.18. The van der Waals surface area contributed by atoms with E-state index in [0.717, 1.165) is 29.9 Å². The fourth-order valence-corrected chi connectivity index (χ4v) is 4.89. The molecule has 0 bridgehead atoms. The van der Waals surface area contributed by atoms with Gasteiger partial charge in [-0.15, -0.1) is 10.2 Å². The minimum absolute atomic E-state index is 0.345. The molecule has 0 aliphatic carbocycles. The van der Waals surface area contributed by atoms with Crippen molar-refractivity contribution in [3.05, 3.63) is 78.9 Å². The number of amidine groups is 1. The molecule has 2 N–H and O–H groups in total. The Kier molecular flexibility index (Phi) is 16.2. The largest absolute Gasteiger partial charge is 0.481 e. The van der Waals surface area contributed by atoms with Crippen LogP contribution in [0.3, 0.4) is 0 Å². The number of anilines is 2. The highest BCUT2D eigenvalue weighted by Crippen LogP contribution is 2.22. The lowest BCUT2D eigenvalue weighted by atomic mass is 10.0. The molecule has 2 heterocycles. The molecule has 0 spiro atoms. The summed E-state index contributed by atoms with van der Waals surface area (Å²) in [4.78, 5) is 22.5. The summed E-state index contributed by atoms with van der Waals surface area (Å²) in [6.07, 6.45) is 23.1. The topological polar surface area (TPSA) is 107 Å². The molecule has 0 fully saturated rings. The molecule has 1 aliphatic heterocycles. The first-order valence-electron chi connectivity index (χ1n) is 16.1. The standard InChI is InChI=1S/C18H36O2.C16H13N7/c1-2-3-4-5-6-7-8-9-10-11-12-13-14-15-16-17-18(19)20;1-3-7-13(8-4-1)15-20-22(14-9-5-2-6-10-14)23(21-15)16-18-11-17-12-19-16/h2-17H2,1H3,(H,19,20);1-12H,(H,20,21). The van der Waals surface area contributed by atoms with Crippen LogP contribution in [-0.2, 0) is 4.79 Å². The number of rotatable bonds is 19. The average molecular weight is 588 g/mol. The number of para-hydroxylation sites is 1. The Balaban J connectivity index is 0.000000239. The van der Waals surface area contributed by atoms with Crippen LogP contribution in [0.15, 0.2) is 78.4 Å². The highest BCUT2D eigenvalue weighted by Gasteiger charge is 2.27. The first kappa shape index (κ1) is 33.5. The van der Waals surface area contributed by atoms with Gasteiger partial charge in [0.1, 0.15) is 12.7 Å². The number of unbranched alkanes of at least 4 members (excludes halogenated alkanes) is 14. The number of carboxylic acids is 1. The maximum Gasteiger partial charge on any atom is 0.303 e. The summed E-state index contributed by atoms with van der Waals surface area (Å²) in [6.45, 7) is 2.27. The third-order valence-electron chi connectivity index (χ3n) is 7.30. The van der Waals surface area contributed by atoms with E-state index >= 15 is 0 Å². The van der Waals surface area contributed by atoms with Gasteiger partial charge in [0.15, 0.2) is 5.84 Å². The van der Waals surface area contributed by atoms with Crippen molar-refractivity contribution in [2.24, 2.45) is 5.10 Å². The average Bonchev–Trinajstić information content (AvgIpc) is 3.50. The second-order valence-electron chi connectivity index (χ2n) is 10.9. The van der Waals surface area contributed by atoms with E-state index in [1.807, 2.05) is 60.7 Å². The van der Waals surface area contributed by atoms with Gasteiger partial charge in [0.05, 0.1) is 5.69 Å². The number of nitrogens with one attached hydrogen (secondary N) is 1. The van der Waals surface area contributed by atoms with Crippen LogP contribution in [0, 0.1) is 0 Å². The Hall–Kier alpha value is -4.01. The quantitative estimate of drug-likeness (QED) is 0.135. The van der Waals surface area contributed by atoms with Crippen LogP contribution in [0.2, 0.25) is 0 Å². The number of nitrogens with zero attached hydrogens (tertiary/aromatic N) is 6. The molecule has 0 saturated carbocycles. The molecule has 1 aromatic heterocycles. The molecule has 3 aromatic rings. The Labute approximate surface area is 257 Å². The Morgan fingerprint density at radius 2 is 1.19 bits per heavy atom. The predicted molar refractivity (Wildman–Crippen MR) is 175 cm³/mol. The van der Waals surface area contributed by atoms with Crippen LogP contribution in [0.1, 0.15) is 115 Å². The number of aromatic nitrogens is 3. The van der Waals surface area contributed by atoms with E-state index in [1.54, 1.807) is 10.2 Å². The van der Waals surface area contributed by atoms with Gasteiger partial charge in [0.25, 0.3) is 5.95 Å². The maximum absolute atomic E-state index is 10.3. The number of hydrazine groups is 2. The number of hydrogen-bond acceptors (Lipinski definition) is 8. The van der Waals surface area contributed by atoms with Crippen molar-refractivity contribution in [2.75, 3.05) is 10.2 Å². The highest BCUT2D eigenvalue weighted by atomic mass is 16.4. The van der Waals surface area contributed by atoms with E-state index in [-0.39, 0.29) is 0 Å². The van der Waals surface area contributed by atoms with Crippen LogP contribution in [-0.4, -0.2) is 31.9 Å². The van der Waals surface area contributed by atoms with Crippen molar-refractivity contribution in [1.82, 2.24) is 20.4 Å². The zero-order valence-corrected chi connectivity index (χ0v) is 25.8. The molecule has 2 aromatic carbocycles. The summed E-state index contributed by atoms with van der Waals surface area (Å²) < 4.78 is 0. The molecule has 1 aliphatic rings. The zero-order chi connectivity index (χ0) is 30.4. The van der Waals surface area contributed by atoms with Crippen LogP contribution >= 0.6 is 0 Å². The van der Waals surface area contributed by atoms with Gasteiger partial charge in [-0.2, -0.15) is 15.1 Å². The zero-order valence-electron chi connectivity index (χ0n) is 25.8. The molecular formula is C34H49N7O2. The van der Waals surface area contributed by atoms with E-state index in [2.05, 4.69) is 32.4 Å². The van der Waals surface area contributed by atoms with Crippen LogP contribution in [0.5, 0.6) is 0 Å². The van der Waals surface area contributed by atoms with E-state index < -0.39 is 5.97 Å². The monoisotopic (exact) mass is 587 g/mol. The van der Waals surface area contributed by atoms with Gasteiger partial charge < -0.3 is 5.11 Å². The van der Waals surface area contributed by atoms with Gasteiger partial charge in [-0.25, -0.2) is 4.98 Å². The second-order valence-corrected chi connectivity index (χ2v) is 10.9. The summed E-state index contributed by atoms with van der Waals surface area (Å²) >= 11 is 0. The molecular weight excluding hydrogens is 538 g/mol. The molecule has 232 valence electrons. The second kappa shape index (κ2) is 20.8. The molecule has 43 heavy (non-hydrogen) atoms. The fraction of sp³-hybridized carbons (Fsp3) is 0.500. The van der Waals surface area contributed by atoms with Gasteiger partial charge in [-0.3, -0.25) is 10.2 Å². The summed E-state index contributed by atoms with van der Waals surface area (Å²) in [5.74, 6) is 0.497. The molecule has 4 rings (SSSR count). The smallest absolute Gasteiger partial charge is 0.303 e. The first-order valence-corrected chi connectivity index (χ1v) is 16.1. The fourth-order valence-electron chi connectivity index (χ4n) is 4.89. The summed E-state index contributed by atoms with van der Waals surface area (Å²) in [7, 11) is 0. The highest BCUT2D eigenvalue weighted by molar-refractivity contribution is 6.01. The van der Waals surface area contributed by atoms with Gasteiger partial charge >= 0.3 is 5.97 Å². The number of hydrazone groups is 1. The van der Waals surface area contributed by atoms with E-state index in [1.165, 1.54) is 96.1 Å². The Morgan fingerprint density at radius 3 is 1.70 bits per heavy atom. The van der Waals surface area contributed by atoms with Gasteiger partial charge in [0, 0.05) is 12.0 Å². The predicted octanol–water partition coefficient (Wildman–Crippen LogP) is 8.31. The lowest BCUT2D eigenvalue weighted by molar-refractivity contribution is -0.137. The number of hydrogen-bond donors (Lipinski definition) is 2. The van der Waals surface area contributed by atoms with Gasteiger partial charge in [0.2, 0.25) is 0 Å². The molecule has 9 nitrogen and oxygen atoms in total. The van der Waals surface area contributed by atoms with E-state index in [9.17, 15) is 4.79 Å². The molecule has 9 heteroatoms. The SMILES string of the molecule is CCCCCCCCCCCCCCCCCC(=O)O.c1ccc(C2=NN(c3ncncn3)N(c3ccccc3)N2)cc1. The lowest BCUT2D eigenvalue weighted by Crippen LogP contribution is -2.45. The van der Waals surface area contributed by atoms with Crippen molar-refractivity contribution in [3.8, 4) is 0 Å². The van der Waals surface area contributed by atoms with Crippen molar-refractivity contribution in [3.63, 3.8) is 0 Å². The Bertz CT molecular complexity index is 1160. The minimum atomic E-state index is -0.653. The number of aliphatic carboxylic acids is 1. The number of benzene rings is 2. The third kappa shape index (κ3) is 13.2. The molecule has 0 atom stereocenters. The molecule has 0 amide bonds. The molecule has 0 unspecified atom stereocenters. The normalized spacial score (nSPS) is 12.3. The van der Waals surface area contributed by atoms with E-state index in [0.29, 0.717) is 12.4 Å². The summed E-state index contributed by atoms with van der Waals surface area (Å²) in [6, 6.07) is 19.7. The van der Waals surface area contributed by atoms with Crippen molar-refractivity contribution >= 4 is 23.4 Å². The van der Waals surface area contributed by atoms with Crippen LogP contribution in [0.4, 0.5) is 11.6 Å². The number of carboxylic acid groups (broad SMARTS) is 1. The number of carbonyl (C=O) groups is 1. The maximum atomic E-state index is 10.3.